The second kappa shape index (κ2) is 7.55. The minimum atomic E-state index is -0.504. The molecule has 3 amide bonds. The minimum Gasteiger partial charge on any atom is -0.444 e. The molecule has 0 aromatic carbocycles. The van der Waals surface area contributed by atoms with Crippen molar-refractivity contribution in [3.63, 3.8) is 0 Å². The second-order valence-electron chi connectivity index (χ2n) is 8.67. The van der Waals surface area contributed by atoms with Gasteiger partial charge in [-0.1, -0.05) is 25.9 Å². The number of amides is 3. The van der Waals surface area contributed by atoms with Gasteiger partial charge in [-0.05, 0) is 33.6 Å². The highest BCUT2D eigenvalue weighted by molar-refractivity contribution is 5.88. The van der Waals surface area contributed by atoms with Crippen molar-refractivity contribution in [1.82, 2.24) is 15.4 Å². The summed E-state index contributed by atoms with van der Waals surface area (Å²) in [5.74, 6) is 1.09. The van der Waals surface area contributed by atoms with Gasteiger partial charge in [0, 0.05) is 30.6 Å². The van der Waals surface area contributed by atoms with Crippen LogP contribution >= 0.6 is 0 Å². The number of carbonyl (C=O) groups is 2. The van der Waals surface area contributed by atoms with E-state index in [2.05, 4.69) is 15.8 Å². The Morgan fingerprint density at radius 2 is 1.81 bits per heavy atom. The third-order valence-corrected chi connectivity index (χ3v) is 3.97. The number of hydrogen-bond acceptors (Lipinski definition) is 5. The molecule has 146 valence electrons. The molecule has 8 heteroatoms. The predicted molar refractivity (Wildman–Crippen MR) is 98.2 cm³/mol. The van der Waals surface area contributed by atoms with Crippen LogP contribution < -0.4 is 10.6 Å². The van der Waals surface area contributed by atoms with E-state index in [-0.39, 0.29) is 23.6 Å². The first kappa shape index (κ1) is 20.1. The van der Waals surface area contributed by atoms with Crippen molar-refractivity contribution in [3.05, 3.63) is 11.8 Å². The molecular formula is C18H30N4O4. The van der Waals surface area contributed by atoms with E-state index in [0.717, 1.165) is 0 Å². The fourth-order valence-corrected chi connectivity index (χ4v) is 2.56. The van der Waals surface area contributed by atoms with Crippen LogP contribution in [0.3, 0.4) is 0 Å². The molecule has 0 atom stereocenters. The second-order valence-corrected chi connectivity index (χ2v) is 8.67. The van der Waals surface area contributed by atoms with E-state index >= 15 is 0 Å². The average Bonchev–Trinajstić information content (AvgIpc) is 2.94. The van der Waals surface area contributed by atoms with Crippen molar-refractivity contribution in [2.45, 2.75) is 71.4 Å². The first-order valence-corrected chi connectivity index (χ1v) is 8.97. The van der Waals surface area contributed by atoms with Gasteiger partial charge in [0.25, 0.3) is 0 Å². The summed E-state index contributed by atoms with van der Waals surface area (Å²) in [4.78, 5) is 25.9. The molecule has 0 unspecified atom stereocenters. The molecule has 1 fully saturated rings. The molecule has 1 aromatic heterocycles. The maximum Gasteiger partial charge on any atom is 0.410 e. The van der Waals surface area contributed by atoms with Crippen molar-refractivity contribution < 1.29 is 18.8 Å². The molecule has 0 aliphatic carbocycles. The summed E-state index contributed by atoms with van der Waals surface area (Å²) in [5.41, 5.74) is -0.673. The number of urea groups is 1. The summed E-state index contributed by atoms with van der Waals surface area (Å²) in [6.45, 7) is 12.7. The molecule has 1 saturated heterocycles. The molecule has 2 N–H and O–H groups in total. The number of likely N-dealkylation sites (tertiary alicyclic amines) is 1. The Balaban J connectivity index is 1.77. The topological polar surface area (TPSA) is 96.7 Å². The van der Waals surface area contributed by atoms with Crippen LogP contribution in [0.15, 0.2) is 10.6 Å². The Labute approximate surface area is 154 Å². The number of piperidine rings is 1. The van der Waals surface area contributed by atoms with Crippen LogP contribution in [0.2, 0.25) is 0 Å². The predicted octanol–water partition coefficient (Wildman–Crippen LogP) is 3.49. The van der Waals surface area contributed by atoms with Crippen molar-refractivity contribution in [2.24, 2.45) is 0 Å². The maximum absolute atomic E-state index is 12.1. The zero-order valence-electron chi connectivity index (χ0n) is 16.5. The maximum atomic E-state index is 12.1. The number of nitrogens with one attached hydrogen (secondary N) is 2. The van der Waals surface area contributed by atoms with Crippen LogP contribution in [-0.4, -0.2) is 46.9 Å². The van der Waals surface area contributed by atoms with Crippen molar-refractivity contribution in [3.8, 4) is 0 Å². The summed E-state index contributed by atoms with van der Waals surface area (Å²) in [6.07, 6.45) is 1.05. The van der Waals surface area contributed by atoms with Gasteiger partial charge in [0.2, 0.25) is 0 Å². The van der Waals surface area contributed by atoms with E-state index in [0.29, 0.717) is 37.5 Å². The summed E-state index contributed by atoms with van der Waals surface area (Å²) in [5, 5.41) is 9.47. The molecule has 0 bridgehead atoms. The molecule has 0 radical (unpaired) electrons. The molecule has 26 heavy (non-hydrogen) atoms. The number of rotatable bonds is 2. The van der Waals surface area contributed by atoms with Crippen molar-refractivity contribution in [1.29, 1.82) is 0 Å². The van der Waals surface area contributed by atoms with Crippen molar-refractivity contribution >= 4 is 17.9 Å². The van der Waals surface area contributed by atoms with E-state index in [1.807, 2.05) is 41.5 Å². The number of aromatic nitrogens is 1. The lowest BCUT2D eigenvalue weighted by atomic mass is 9.93. The first-order valence-electron chi connectivity index (χ1n) is 8.97. The number of ether oxygens (including phenoxy) is 1. The summed E-state index contributed by atoms with van der Waals surface area (Å²) in [6, 6.07) is 1.40. The van der Waals surface area contributed by atoms with Gasteiger partial charge in [-0.15, -0.1) is 0 Å². The highest BCUT2D eigenvalue weighted by atomic mass is 16.6. The quantitative estimate of drug-likeness (QED) is 0.835. The fraction of sp³-hybridized carbons (Fsp3) is 0.722. The normalized spacial score (nSPS) is 16.3. The lowest BCUT2D eigenvalue weighted by Gasteiger charge is -2.33. The molecule has 1 aliphatic heterocycles. The van der Waals surface area contributed by atoms with Crippen LogP contribution in [-0.2, 0) is 10.2 Å². The Morgan fingerprint density at radius 3 is 2.31 bits per heavy atom. The first-order chi connectivity index (χ1) is 11.9. The van der Waals surface area contributed by atoms with Gasteiger partial charge < -0.3 is 19.5 Å². The zero-order valence-corrected chi connectivity index (χ0v) is 16.5. The monoisotopic (exact) mass is 366 g/mol. The van der Waals surface area contributed by atoms with Crippen LogP contribution in [0.5, 0.6) is 0 Å². The number of nitrogens with zero attached hydrogens (tertiary/aromatic N) is 2. The van der Waals surface area contributed by atoms with E-state index in [9.17, 15) is 9.59 Å². The molecule has 2 rings (SSSR count). The van der Waals surface area contributed by atoms with Crippen LogP contribution in [0, 0.1) is 0 Å². The van der Waals surface area contributed by atoms with Crippen LogP contribution in [0.25, 0.3) is 0 Å². The third-order valence-electron chi connectivity index (χ3n) is 3.97. The number of anilines is 1. The number of carbonyl (C=O) groups excluding carboxylic acids is 2. The highest BCUT2D eigenvalue weighted by Gasteiger charge is 2.27. The van der Waals surface area contributed by atoms with E-state index in [1.54, 1.807) is 11.0 Å². The minimum absolute atomic E-state index is 0.00248. The summed E-state index contributed by atoms with van der Waals surface area (Å²) in [7, 11) is 0. The lowest BCUT2D eigenvalue weighted by molar-refractivity contribution is 0.0202. The summed E-state index contributed by atoms with van der Waals surface area (Å²) < 4.78 is 10.6. The summed E-state index contributed by atoms with van der Waals surface area (Å²) >= 11 is 0. The molecule has 2 heterocycles. The van der Waals surface area contributed by atoms with Crippen molar-refractivity contribution in [2.75, 3.05) is 18.4 Å². The van der Waals surface area contributed by atoms with Gasteiger partial charge in [-0.25, -0.2) is 9.59 Å². The van der Waals surface area contributed by atoms with Gasteiger partial charge in [0.05, 0.1) is 0 Å². The fourth-order valence-electron chi connectivity index (χ4n) is 2.56. The van der Waals surface area contributed by atoms with Crippen LogP contribution in [0.4, 0.5) is 15.4 Å². The molecule has 8 nitrogen and oxygen atoms in total. The van der Waals surface area contributed by atoms with E-state index < -0.39 is 5.60 Å². The van der Waals surface area contributed by atoms with Gasteiger partial charge in [0.15, 0.2) is 5.82 Å². The highest BCUT2D eigenvalue weighted by Crippen LogP contribution is 2.24. The van der Waals surface area contributed by atoms with Gasteiger partial charge in [0.1, 0.15) is 11.4 Å². The Hall–Kier alpha value is -2.25. The smallest absolute Gasteiger partial charge is 0.410 e. The standard InChI is InChI=1S/C18H30N4O4/c1-17(2,3)13-11-14(21-26-13)20-15(23)19-12-7-9-22(10-8-12)16(24)25-18(4,5)6/h11-12H,7-10H2,1-6H3,(H2,19,20,21,23). The SMILES string of the molecule is CC(C)(C)OC(=O)N1CCC(NC(=O)Nc2cc(C(C)(C)C)on2)CC1. The van der Waals surface area contributed by atoms with Crippen LogP contribution in [0.1, 0.15) is 60.1 Å². The Morgan fingerprint density at radius 1 is 1.19 bits per heavy atom. The molecule has 1 aromatic rings. The van der Waals surface area contributed by atoms with Gasteiger partial charge in [-0.3, -0.25) is 5.32 Å². The van der Waals surface area contributed by atoms with E-state index in [4.69, 9.17) is 9.26 Å². The largest absolute Gasteiger partial charge is 0.444 e. The van der Waals surface area contributed by atoms with Gasteiger partial charge in [-0.2, -0.15) is 0 Å². The number of hydrogen-bond donors (Lipinski definition) is 2. The van der Waals surface area contributed by atoms with E-state index in [1.165, 1.54) is 0 Å². The Bertz CT molecular complexity index is 634. The molecule has 0 spiro atoms. The Kier molecular flexibility index (Phi) is 5.83. The molecule has 0 saturated carbocycles. The average molecular weight is 366 g/mol. The lowest BCUT2D eigenvalue weighted by Crippen LogP contribution is -2.48. The molecular weight excluding hydrogens is 336 g/mol. The van der Waals surface area contributed by atoms with Gasteiger partial charge >= 0.3 is 12.1 Å². The third kappa shape index (κ3) is 5.93. The molecule has 1 aliphatic rings. The zero-order chi connectivity index (χ0) is 19.5.